The van der Waals surface area contributed by atoms with Crippen LogP contribution in [0.15, 0.2) is 35.5 Å². The van der Waals surface area contributed by atoms with Crippen molar-refractivity contribution in [1.82, 2.24) is 19.7 Å². The van der Waals surface area contributed by atoms with Gasteiger partial charge in [0.1, 0.15) is 6.54 Å². The number of aromatic nitrogens is 4. The van der Waals surface area contributed by atoms with Crippen LogP contribution in [0, 0.1) is 0 Å². The van der Waals surface area contributed by atoms with E-state index in [4.69, 9.17) is 4.74 Å². The molecule has 20 heavy (non-hydrogen) atoms. The van der Waals surface area contributed by atoms with Crippen LogP contribution in [0.4, 0.5) is 5.69 Å². The van der Waals surface area contributed by atoms with Crippen molar-refractivity contribution in [3.8, 4) is 6.01 Å². The van der Waals surface area contributed by atoms with E-state index in [-0.39, 0.29) is 18.1 Å². The van der Waals surface area contributed by atoms with Crippen LogP contribution >= 0.6 is 0 Å². The number of hydrogen-bond acceptors (Lipinski definition) is 6. The third-order valence-corrected chi connectivity index (χ3v) is 2.26. The average molecular weight is 275 g/mol. The third-order valence-electron chi connectivity index (χ3n) is 2.26. The van der Waals surface area contributed by atoms with Gasteiger partial charge in [-0.05, 0) is 13.0 Å². The molecule has 0 fully saturated rings. The highest BCUT2D eigenvalue weighted by Gasteiger charge is 2.06. The lowest BCUT2D eigenvalue weighted by Gasteiger charge is -2.06. The topological polar surface area (TPSA) is 99.0 Å². The maximum absolute atomic E-state index is 11.7. The molecule has 2 rings (SSSR count). The first-order chi connectivity index (χ1) is 9.69. The fourth-order valence-electron chi connectivity index (χ4n) is 1.43. The number of hydrogen-bond donors (Lipinski definition) is 1. The van der Waals surface area contributed by atoms with Gasteiger partial charge in [0.05, 0.1) is 24.7 Å². The predicted molar refractivity (Wildman–Crippen MR) is 70.3 cm³/mol. The Bertz CT molecular complexity index is 638. The molecule has 8 nitrogen and oxygen atoms in total. The number of carbonyl (C=O) groups is 1. The van der Waals surface area contributed by atoms with E-state index in [1.165, 1.54) is 30.7 Å². The van der Waals surface area contributed by atoms with Crippen molar-refractivity contribution in [3.63, 3.8) is 0 Å². The molecule has 1 amide bonds. The minimum atomic E-state index is -0.390. The Hall–Kier alpha value is -2.77. The second-order valence-electron chi connectivity index (χ2n) is 3.76. The maximum Gasteiger partial charge on any atom is 0.316 e. The molecule has 0 aliphatic rings. The van der Waals surface area contributed by atoms with E-state index in [1.54, 1.807) is 0 Å². The van der Waals surface area contributed by atoms with Crippen molar-refractivity contribution in [2.24, 2.45) is 0 Å². The van der Waals surface area contributed by atoms with E-state index in [9.17, 15) is 9.59 Å². The molecule has 0 aliphatic carbocycles. The molecule has 0 aromatic carbocycles. The first-order valence-electron chi connectivity index (χ1n) is 5.96. The summed E-state index contributed by atoms with van der Waals surface area (Å²) in [6.07, 6.45) is 4.29. The standard InChI is InChI=1S/C12H13N5O3/c1-2-20-12-13-6-9(7-14-12)16-10(18)8-17-11(19)4-3-5-15-17/h3-7H,2,8H2,1H3,(H,16,18). The van der Waals surface area contributed by atoms with Crippen LogP contribution in [0.1, 0.15) is 6.92 Å². The zero-order chi connectivity index (χ0) is 14.4. The van der Waals surface area contributed by atoms with Crippen molar-refractivity contribution in [2.45, 2.75) is 13.5 Å². The maximum atomic E-state index is 11.7. The van der Waals surface area contributed by atoms with Gasteiger partial charge in [0.2, 0.25) is 5.91 Å². The molecule has 0 saturated carbocycles. The van der Waals surface area contributed by atoms with Crippen LogP contribution in [0.3, 0.4) is 0 Å². The zero-order valence-electron chi connectivity index (χ0n) is 10.8. The van der Waals surface area contributed by atoms with Gasteiger partial charge in [0.15, 0.2) is 0 Å². The molecule has 2 heterocycles. The summed E-state index contributed by atoms with van der Waals surface area (Å²) < 4.78 is 6.15. The van der Waals surface area contributed by atoms with Gasteiger partial charge in [-0.2, -0.15) is 5.10 Å². The number of nitrogens with zero attached hydrogens (tertiary/aromatic N) is 4. The minimum absolute atomic E-state index is 0.174. The van der Waals surface area contributed by atoms with Crippen LogP contribution in [-0.4, -0.2) is 32.3 Å². The second-order valence-corrected chi connectivity index (χ2v) is 3.76. The summed E-state index contributed by atoms with van der Waals surface area (Å²) in [5.74, 6) is -0.390. The molecule has 0 saturated heterocycles. The zero-order valence-corrected chi connectivity index (χ0v) is 10.8. The van der Waals surface area contributed by atoms with Crippen molar-refractivity contribution in [3.05, 3.63) is 41.1 Å². The number of anilines is 1. The molecule has 0 atom stereocenters. The molecular weight excluding hydrogens is 262 g/mol. The Morgan fingerprint density at radius 2 is 2.15 bits per heavy atom. The van der Waals surface area contributed by atoms with Crippen molar-refractivity contribution in [2.75, 3.05) is 11.9 Å². The summed E-state index contributed by atoms with van der Waals surface area (Å²) in [5.41, 5.74) is 0.0769. The molecule has 1 N–H and O–H groups in total. The summed E-state index contributed by atoms with van der Waals surface area (Å²) in [4.78, 5) is 31.0. The molecule has 8 heteroatoms. The highest BCUT2D eigenvalue weighted by atomic mass is 16.5. The van der Waals surface area contributed by atoms with E-state index in [1.807, 2.05) is 6.92 Å². The van der Waals surface area contributed by atoms with E-state index in [2.05, 4.69) is 20.4 Å². The number of amides is 1. The summed E-state index contributed by atoms with van der Waals surface area (Å²) >= 11 is 0. The molecule has 0 aliphatic heterocycles. The van der Waals surface area contributed by atoms with Gasteiger partial charge in [-0.1, -0.05) is 0 Å². The molecule has 0 spiro atoms. The largest absolute Gasteiger partial charge is 0.464 e. The van der Waals surface area contributed by atoms with Crippen LogP contribution < -0.4 is 15.6 Å². The van der Waals surface area contributed by atoms with Gasteiger partial charge in [-0.3, -0.25) is 9.59 Å². The Labute approximate surface area is 114 Å². The molecule has 2 aromatic rings. The summed E-state index contributed by atoms with van der Waals surface area (Å²) in [6.45, 7) is 2.12. The van der Waals surface area contributed by atoms with Crippen molar-refractivity contribution < 1.29 is 9.53 Å². The number of carbonyl (C=O) groups excluding carboxylic acids is 1. The van der Waals surface area contributed by atoms with Crippen LogP contribution in [0.25, 0.3) is 0 Å². The van der Waals surface area contributed by atoms with Crippen LogP contribution in [-0.2, 0) is 11.3 Å². The fourth-order valence-corrected chi connectivity index (χ4v) is 1.43. The molecule has 104 valence electrons. The lowest BCUT2D eigenvalue weighted by atomic mass is 10.4. The van der Waals surface area contributed by atoms with Gasteiger partial charge in [0.25, 0.3) is 5.56 Å². The Morgan fingerprint density at radius 3 is 2.80 bits per heavy atom. The first kappa shape index (κ1) is 13.7. The van der Waals surface area contributed by atoms with Gasteiger partial charge in [-0.25, -0.2) is 14.6 Å². The molecule has 0 radical (unpaired) electrons. The third kappa shape index (κ3) is 3.61. The molecular formula is C12H13N5O3. The lowest BCUT2D eigenvalue weighted by Crippen LogP contribution is -2.28. The molecule has 0 bridgehead atoms. The van der Waals surface area contributed by atoms with Crippen molar-refractivity contribution in [1.29, 1.82) is 0 Å². The Kier molecular flexibility index (Phi) is 4.38. The number of rotatable bonds is 5. The number of nitrogens with one attached hydrogen (secondary N) is 1. The SMILES string of the molecule is CCOc1ncc(NC(=O)Cn2ncccc2=O)cn1. The Morgan fingerprint density at radius 1 is 1.40 bits per heavy atom. The van der Waals surface area contributed by atoms with Gasteiger partial charge < -0.3 is 10.1 Å². The van der Waals surface area contributed by atoms with E-state index in [0.29, 0.717) is 12.3 Å². The quantitative estimate of drug-likeness (QED) is 0.829. The molecule has 2 aromatic heterocycles. The first-order valence-corrected chi connectivity index (χ1v) is 5.96. The minimum Gasteiger partial charge on any atom is -0.464 e. The summed E-state index contributed by atoms with van der Waals surface area (Å²) in [7, 11) is 0. The predicted octanol–water partition coefficient (Wildman–Crippen LogP) is 0.0707. The Balaban J connectivity index is 1.98. The average Bonchev–Trinajstić information content (AvgIpc) is 2.44. The van der Waals surface area contributed by atoms with Crippen LogP contribution in [0.2, 0.25) is 0 Å². The van der Waals surface area contributed by atoms with Gasteiger partial charge >= 0.3 is 6.01 Å². The number of ether oxygens (including phenoxy) is 1. The van der Waals surface area contributed by atoms with E-state index >= 15 is 0 Å². The molecule has 0 unspecified atom stereocenters. The highest BCUT2D eigenvalue weighted by molar-refractivity contribution is 5.90. The lowest BCUT2D eigenvalue weighted by molar-refractivity contribution is -0.117. The van der Waals surface area contributed by atoms with E-state index < -0.39 is 5.91 Å². The van der Waals surface area contributed by atoms with Gasteiger partial charge in [-0.15, -0.1) is 0 Å². The summed E-state index contributed by atoms with van der Waals surface area (Å²) in [6, 6.07) is 3.09. The van der Waals surface area contributed by atoms with E-state index in [0.717, 1.165) is 4.68 Å². The monoisotopic (exact) mass is 275 g/mol. The smallest absolute Gasteiger partial charge is 0.316 e. The summed E-state index contributed by atoms with van der Waals surface area (Å²) in [5, 5.41) is 6.36. The van der Waals surface area contributed by atoms with Crippen molar-refractivity contribution >= 4 is 11.6 Å². The second kappa shape index (κ2) is 6.41. The highest BCUT2D eigenvalue weighted by Crippen LogP contribution is 2.07. The van der Waals surface area contributed by atoms with Crippen LogP contribution in [0.5, 0.6) is 6.01 Å². The normalized spacial score (nSPS) is 10.1. The fraction of sp³-hybridized carbons (Fsp3) is 0.250. The van der Waals surface area contributed by atoms with Gasteiger partial charge in [0, 0.05) is 12.3 Å².